The molecule has 4 aromatic carbocycles. The topological polar surface area (TPSA) is 157 Å². The van der Waals surface area contributed by atoms with Crippen LogP contribution in [0.2, 0.25) is 0 Å². The van der Waals surface area contributed by atoms with Crippen LogP contribution in [0.3, 0.4) is 0 Å². The van der Waals surface area contributed by atoms with Crippen molar-refractivity contribution in [2.45, 2.75) is 41.5 Å². The third-order valence-electron chi connectivity index (χ3n) is 8.05. The second-order valence-electron chi connectivity index (χ2n) is 12.4. The summed E-state index contributed by atoms with van der Waals surface area (Å²) in [5.41, 5.74) is 9.62. The van der Waals surface area contributed by atoms with Gasteiger partial charge < -0.3 is 0 Å². The summed E-state index contributed by atoms with van der Waals surface area (Å²) in [5.74, 6) is 0. The summed E-state index contributed by atoms with van der Waals surface area (Å²) < 4.78 is 76.5. The van der Waals surface area contributed by atoms with E-state index in [4.69, 9.17) is 41.4 Å². The summed E-state index contributed by atoms with van der Waals surface area (Å²) in [6.07, 6.45) is 16.0. The smallest absolute Gasteiger partial charge is 0.286 e. The molecule has 2 heterocycles. The van der Waals surface area contributed by atoms with Gasteiger partial charge in [0.1, 0.15) is 0 Å². The summed E-state index contributed by atoms with van der Waals surface area (Å²) in [7, 11) is -9.89. The molecule has 0 atom stereocenters. The van der Waals surface area contributed by atoms with Gasteiger partial charge in [0, 0.05) is 38.1 Å². The summed E-state index contributed by atoms with van der Waals surface area (Å²) in [6.45, 7) is 4.00. The van der Waals surface area contributed by atoms with Crippen LogP contribution in [0.5, 0.6) is 0 Å². The Kier molecular flexibility index (Phi) is 25.7. The van der Waals surface area contributed by atoms with E-state index < -0.39 is 31.3 Å². The highest BCUT2D eigenvalue weighted by molar-refractivity contribution is 8.16. The van der Waals surface area contributed by atoms with Gasteiger partial charge in [0.2, 0.25) is 21.1 Å². The fourth-order valence-corrected chi connectivity index (χ4v) is 8.20. The Morgan fingerprint density at radius 1 is 0.603 bits per heavy atom. The zero-order valence-corrected chi connectivity index (χ0v) is 38.1. The van der Waals surface area contributed by atoms with Crippen molar-refractivity contribution in [2.24, 2.45) is 0 Å². The monoisotopic (exact) mass is 965 g/mol. The number of allylic oxidation sites excluding steroid dienone is 9. The lowest BCUT2D eigenvalue weighted by Crippen LogP contribution is -1.91. The van der Waals surface area contributed by atoms with Gasteiger partial charge in [-0.25, -0.2) is 0 Å². The summed E-state index contributed by atoms with van der Waals surface area (Å²) in [4.78, 5) is 4.99. The van der Waals surface area contributed by atoms with Gasteiger partial charge in [-0.1, -0.05) is 173 Å². The van der Waals surface area contributed by atoms with E-state index in [0.717, 1.165) is 17.9 Å². The molecule has 1 aliphatic carbocycles. The fraction of sp³-hybridized carbons (Fsp3) is 0.146. The molecule has 0 fully saturated rings. The van der Waals surface area contributed by atoms with Crippen LogP contribution >= 0.6 is 34.7 Å². The van der Waals surface area contributed by atoms with Crippen LogP contribution in [0.15, 0.2) is 186 Å². The molecule has 0 radical (unpaired) electrons. The van der Waals surface area contributed by atoms with Crippen molar-refractivity contribution in [3.05, 3.63) is 202 Å². The van der Waals surface area contributed by atoms with Gasteiger partial charge in [-0.15, -0.1) is 25.3 Å². The number of thioether (sulfide) groups is 1. The standard InChI is InChI=1S/C43H32ClS2.C2H6.CH4O3S.2CH4.2O3S/c44-43-37(23-21-31-27-39(33-13-5-1-6-14-33)45-40(28-31)34-15-7-2-8-16-34)25-26-38(43)24-22-32-29-41(35-17-9-3-10-18-35)46-42(30-32)36-19-11-4-12-20-36;1-2;1-5(2,3)4;;;2*1-4(2)3/h1-24,27-30H,25-26H2;1-2H3;1H3,(H,2,3,4);2*1H4;;/q+1;;;;;;. The SMILES string of the molecule is C.C.CC.CS(=O)(=O)O.ClC1=C(/C=C/c2cc(-c3ccccc3)[s+]c(-c3ccccc3)c2)CC/C1=C\C=C1C=C(c2ccccc2)SC(c2ccccc2)=C1.O=S(=O)=O.O=S(=O)=O. The predicted octanol–water partition coefficient (Wildman–Crippen LogP) is 13.1. The molecule has 0 unspecified atom stereocenters. The summed E-state index contributed by atoms with van der Waals surface area (Å²) in [5, 5.41) is 0.864. The molecule has 7 rings (SSSR count). The van der Waals surface area contributed by atoms with Crippen LogP contribution in [0, 0.1) is 0 Å². The third kappa shape index (κ3) is 21.1. The van der Waals surface area contributed by atoms with Gasteiger partial charge in [-0.3, -0.25) is 4.55 Å². The van der Waals surface area contributed by atoms with Crippen LogP contribution < -0.4 is 0 Å². The summed E-state index contributed by atoms with van der Waals surface area (Å²) >= 11 is 10.7. The molecule has 0 saturated heterocycles. The van der Waals surface area contributed by atoms with Gasteiger partial charge in [-0.2, -0.15) is 8.42 Å². The van der Waals surface area contributed by atoms with E-state index in [1.165, 1.54) is 64.1 Å². The minimum atomic E-state index is -3.67. The van der Waals surface area contributed by atoms with Gasteiger partial charge in [0.25, 0.3) is 10.1 Å². The number of benzene rings is 4. The Hall–Kier alpha value is -5.32. The molecule has 0 amide bonds. The average molecular weight is 967 g/mol. The van der Waals surface area contributed by atoms with E-state index >= 15 is 0 Å². The molecule has 1 aromatic heterocycles. The number of halogens is 1. The van der Waals surface area contributed by atoms with Gasteiger partial charge in [0.05, 0.1) is 6.26 Å². The first-order valence-electron chi connectivity index (χ1n) is 18.4. The highest BCUT2D eigenvalue weighted by atomic mass is 35.5. The Morgan fingerprint density at radius 3 is 1.32 bits per heavy atom. The second kappa shape index (κ2) is 29.1. The first-order chi connectivity index (χ1) is 29.2. The average Bonchev–Trinajstić information content (AvgIpc) is 3.61. The number of rotatable bonds is 7. The number of hydrogen-bond acceptors (Lipinski definition) is 9. The molecule has 5 aromatic rings. The van der Waals surface area contributed by atoms with Crippen molar-refractivity contribution in [3.63, 3.8) is 0 Å². The normalized spacial score (nSPS) is 13.3. The maximum atomic E-state index is 9.19. The maximum Gasteiger partial charge on any atom is 0.425 e. The van der Waals surface area contributed by atoms with E-state index in [1.54, 1.807) is 0 Å². The van der Waals surface area contributed by atoms with Crippen LogP contribution in [0.1, 0.15) is 58.2 Å². The molecule has 0 bridgehead atoms. The van der Waals surface area contributed by atoms with Crippen molar-refractivity contribution in [3.8, 4) is 20.9 Å². The van der Waals surface area contributed by atoms with Crippen LogP contribution in [-0.2, 0) is 31.3 Å². The summed E-state index contributed by atoms with van der Waals surface area (Å²) in [6, 6.07) is 47.0. The van der Waals surface area contributed by atoms with Crippen molar-refractivity contribution in [2.75, 3.05) is 6.26 Å². The van der Waals surface area contributed by atoms with Crippen molar-refractivity contribution < 1.29 is 38.2 Å². The van der Waals surface area contributed by atoms with Crippen LogP contribution in [0.4, 0.5) is 0 Å². The van der Waals surface area contributed by atoms with Crippen molar-refractivity contribution >= 4 is 81.9 Å². The fourth-order valence-electron chi connectivity index (χ4n) is 5.62. The van der Waals surface area contributed by atoms with Gasteiger partial charge in [0.15, 0.2) is 0 Å². The second-order valence-corrected chi connectivity index (χ2v) is 17.2. The Labute approximate surface area is 388 Å². The molecule has 332 valence electrons. The molecule has 2 aliphatic rings. The lowest BCUT2D eigenvalue weighted by Gasteiger charge is -2.17. The highest BCUT2D eigenvalue weighted by Gasteiger charge is 2.20. The van der Waals surface area contributed by atoms with E-state index in [9.17, 15) is 8.42 Å². The third-order valence-corrected chi connectivity index (χ3v) is 10.8. The zero-order valence-electron chi connectivity index (χ0n) is 33.2. The van der Waals surface area contributed by atoms with Crippen molar-refractivity contribution in [1.82, 2.24) is 0 Å². The molecule has 15 heteroatoms. The number of hydrogen-bond donors (Lipinski definition) is 1. The lowest BCUT2D eigenvalue weighted by molar-refractivity contribution is 0.490. The van der Waals surface area contributed by atoms with Gasteiger partial charge in [-0.05, 0) is 82.7 Å². The molecule has 1 aliphatic heterocycles. The Bertz CT molecular complexity index is 2610. The molecule has 63 heavy (non-hydrogen) atoms. The van der Waals surface area contributed by atoms with E-state index in [1.807, 2.05) is 36.9 Å². The Balaban J connectivity index is 0.00000102. The molecular formula is C48H50ClO9S5+. The quantitative estimate of drug-likeness (QED) is 0.123. The molecule has 9 nitrogen and oxygen atoms in total. The van der Waals surface area contributed by atoms with E-state index in [-0.39, 0.29) is 14.9 Å². The predicted molar refractivity (Wildman–Crippen MR) is 265 cm³/mol. The molecule has 1 N–H and O–H groups in total. The highest BCUT2D eigenvalue weighted by Crippen LogP contribution is 2.44. The maximum absolute atomic E-state index is 9.19. The van der Waals surface area contributed by atoms with E-state index in [0.29, 0.717) is 6.26 Å². The first kappa shape index (κ1) is 55.7. The van der Waals surface area contributed by atoms with Gasteiger partial charge >= 0.3 is 21.2 Å². The van der Waals surface area contributed by atoms with E-state index in [2.05, 4.69) is 170 Å². The lowest BCUT2D eigenvalue weighted by atomic mass is 10.1. The minimum Gasteiger partial charge on any atom is -0.286 e. The van der Waals surface area contributed by atoms with Crippen molar-refractivity contribution in [1.29, 1.82) is 0 Å². The Morgan fingerprint density at radius 2 is 0.952 bits per heavy atom. The first-order valence-corrected chi connectivity index (χ1v) is 24.3. The molecule has 0 saturated carbocycles. The largest absolute Gasteiger partial charge is 0.425 e. The molecule has 0 spiro atoms. The van der Waals surface area contributed by atoms with Crippen LogP contribution in [0.25, 0.3) is 36.8 Å². The van der Waals surface area contributed by atoms with Crippen LogP contribution in [-0.4, -0.2) is 44.5 Å². The molecular weight excluding hydrogens is 916 g/mol. The minimum absolute atomic E-state index is 0. The zero-order chi connectivity index (χ0) is 44.8.